The molecule has 0 fully saturated rings. The van der Waals surface area contributed by atoms with Gasteiger partial charge in [0.05, 0.1) is 26.4 Å². The van der Waals surface area contributed by atoms with Crippen molar-refractivity contribution in [2.75, 3.05) is 20.3 Å². The standard InChI is InChI=1S/C11H17NO4/c1-15-11-4-8(5-13)2-3-10(11)16-7-9(12)6-14/h2-4,9,13-14H,5-7,12H2,1H3. The molecule has 5 heteroatoms. The zero-order valence-electron chi connectivity index (χ0n) is 9.22. The minimum Gasteiger partial charge on any atom is -0.493 e. The highest BCUT2D eigenvalue weighted by molar-refractivity contribution is 5.42. The zero-order valence-corrected chi connectivity index (χ0v) is 9.22. The molecule has 0 heterocycles. The van der Waals surface area contributed by atoms with Gasteiger partial charge in [0.2, 0.25) is 0 Å². The molecular formula is C11H17NO4. The van der Waals surface area contributed by atoms with Crippen LogP contribution in [0.2, 0.25) is 0 Å². The Morgan fingerprint density at radius 2 is 2.06 bits per heavy atom. The van der Waals surface area contributed by atoms with Gasteiger partial charge in [0.1, 0.15) is 6.61 Å². The van der Waals surface area contributed by atoms with Crippen LogP contribution in [0.1, 0.15) is 5.56 Å². The van der Waals surface area contributed by atoms with E-state index in [2.05, 4.69) is 0 Å². The summed E-state index contributed by atoms with van der Waals surface area (Å²) >= 11 is 0. The predicted octanol–water partition coefficient (Wildman–Crippen LogP) is -0.114. The molecule has 0 spiro atoms. The van der Waals surface area contributed by atoms with Gasteiger partial charge in [0.15, 0.2) is 11.5 Å². The summed E-state index contributed by atoms with van der Waals surface area (Å²) < 4.78 is 10.5. The van der Waals surface area contributed by atoms with Crippen LogP contribution < -0.4 is 15.2 Å². The first-order valence-electron chi connectivity index (χ1n) is 4.98. The number of methoxy groups -OCH3 is 1. The van der Waals surface area contributed by atoms with Gasteiger partial charge in [-0.2, -0.15) is 0 Å². The number of rotatable bonds is 6. The third-order valence-corrected chi connectivity index (χ3v) is 2.10. The molecule has 4 N–H and O–H groups in total. The molecule has 0 aliphatic carbocycles. The number of ether oxygens (including phenoxy) is 2. The van der Waals surface area contributed by atoms with Crippen molar-refractivity contribution < 1.29 is 19.7 Å². The monoisotopic (exact) mass is 227 g/mol. The van der Waals surface area contributed by atoms with E-state index in [4.69, 9.17) is 25.4 Å². The summed E-state index contributed by atoms with van der Waals surface area (Å²) in [5.74, 6) is 1.08. The molecule has 5 nitrogen and oxygen atoms in total. The number of aliphatic hydroxyl groups is 2. The Morgan fingerprint density at radius 1 is 1.31 bits per heavy atom. The van der Waals surface area contributed by atoms with Crippen molar-refractivity contribution in [2.45, 2.75) is 12.6 Å². The topological polar surface area (TPSA) is 84.9 Å². The first-order chi connectivity index (χ1) is 7.71. The number of aliphatic hydroxyl groups excluding tert-OH is 2. The molecule has 0 aliphatic rings. The lowest BCUT2D eigenvalue weighted by atomic mass is 10.2. The largest absolute Gasteiger partial charge is 0.493 e. The Morgan fingerprint density at radius 3 is 2.62 bits per heavy atom. The van der Waals surface area contributed by atoms with E-state index in [1.807, 2.05) is 0 Å². The molecule has 0 saturated heterocycles. The van der Waals surface area contributed by atoms with E-state index in [1.54, 1.807) is 18.2 Å². The van der Waals surface area contributed by atoms with Crippen LogP contribution in [0.5, 0.6) is 11.5 Å². The summed E-state index contributed by atoms with van der Waals surface area (Å²) in [7, 11) is 1.52. The van der Waals surface area contributed by atoms with Crippen LogP contribution in [-0.2, 0) is 6.61 Å². The summed E-state index contributed by atoms with van der Waals surface area (Å²) in [6.45, 7) is 0.0369. The summed E-state index contributed by atoms with van der Waals surface area (Å²) in [5, 5.41) is 17.7. The molecule has 16 heavy (non-hydrogen) atoms. The molecule has 90 valence electrons. The van der Waals surface area contributed by atoms with E-state index in [-0.39, 0.29) is 19.8 Å². The van der Waals surface area contributed by atoms with Gasteiger partial charge in [0.25, 0.3) is 0 Å². The Kier molecular flexibility index (Phi) is 5.04. The van der Waals surface area contributed by atoms with Crippen LogP contribution in [0.25, 0.3) is 0 Å². The van der Waals surface area contributed by atoms with Gasteiger partial charge in [-0.1, -0.05) is 6.07 Å². The highest BCUT2D eigenvalue weighted by Gasteiger charge is 2.07. The summed E-state index contributed by atoms with van der Waals surface area (Å²) in [4.78, 5) is 0. The fourth-order valence-electron chi connectivity index (χ4n) is 1.18. The predicted molar refractivity (Wildman–Crippen MR) is 59.5 cm³/mol. The number of benzene rings is 1. The average molecular weight is 227 g/mol. The van der Waals surface area contributed by atoms with E-state index in [0.29, 0.717) is 11.5 Å². The Bertz CT molecular complexity index is 330. The fourth-order valence-corrected chi connectivity index (χ4v) is 1.18. The van der Waals surface area contributed by atoms with Crippen molar-refractivity contribution in [3.8, 4) is 11.5 Å². The lowest BCUT2D eigenvalue weighted by molar-refractivity contribution is 0.202. The van der Waals surface area contributed by atoms with Gasteiger partial charge in [-0.3, -0.25) is 0 Å². The maximum atomic E-state index is 8.96. The van der Waals surface area contributed by atoms with Crippen molar-refractivity contribution in [3.05, 3.63) is 23.8 Å². The first kappa shape index (κ1) is 12.8. The zero-order chi connectivity index (χ0) is 12.0. The smallest absolute Gasteiger partial charge is 0.161 e. The van der Waals surface area contributed by atoms with Crippen LogP contribution in [0.15, 0.2) is 18.2 Å². The van der Waals surface area contributed by atoms with E-state index in [0.717, 1.165) is 5.56 Å². The van der Waals surface area contributed by atoms with Crippen LogP contribution in [0, 0.1) is 0 Å². The summed E-state index contributed by atoms with van der Waals surface area (Å²) in [6.07, 6.45) is 0. The second-order valence-corrected chi connectivity index (χ2v) is 3.40. The maximum Gasteiger partial charge on any atom is 0.161 e. The molecule has 1 rings (SSSR count). The van der Waals surface area contributed by atoms with E-state index < -0.39 is 6.04 Å². The molecule has 0 bridgehead atoms. The highest BCUT2D eigenvalue weighted by Crippen LogP contribution is 2.28. The second kappa shape index (κ2) is 6.32. The van der Waals surface area contributed by atoms with Gasteiger partial charge in [-0.15, -0.1) is 0 Å². The third-order valence-electron chi connectivity index (χ3n) is 2.10. The van der Waals surface area contributed by atoms with E-state index in [9.17, 15) is 0 Å². The number of hydrogen-bond acceptors (Lipinski definition) is 5. The highest BCUT2D eigenvalue weighted by atomic mass is 16.5. The molecule has 0 saturated carbocycles. The molecule has 0 aliphatic heterocycles. The van der Waals surface area contributed by atoms with Crippen molar-refractivity contribution >= 4 is 0 Å². The molecule has 1 aromatic rings. The van der Waals surface area contributed by atoms with Gasteiger partial charge in [-0.25, -0.2) is 0 Å². The Hall–Kier alpha value is -1.30. The van der Waals surface area contributed by atoms with Gasteiger partial charge in [-0.05, 0) is 17.7 Å². The average Bonchev–Trinajstić information content (AvgIpc) is 2.35. The molecule has 0 aromatic heterocycles. The fraction of sp³-hybridized carbons (Fsp3) is 0.455. The van der Waals surface area contributed by atoms with Gasteiger partial charge < -0.3 is 25.4 Å². The molecular weight excluding hydrogens is 210 g/mol. The minimum absolute atomic E-state index is 0.0488. The van der Waals surface area contributed by atoms with Crippen molar-refractivity contribution in [2.24, 2.45) is 5.73 Å². The van der Waals surface area contributed by atoms with Crippen LogP contribution in [0.4, 0.5) is 0 Å². The lowest BCUT2D eigenvalue weighted by Gasteiger charge is -2.14. The van der Waals surface area contributed by atoms with E-state index >= 15 is 0 Å². The SMILES string of the molecule is COc1cc(CO)ccc1OCC(N)CO. The molecule has 0 amide bonds. The molecule has 0 radical (unpaired) electrons. The minimum atomic E-state index is -0.415. The molecule has 1 atom stereocenters. The number of nitrogens with two attached hydrogens (primary N) is 1. The van der Waals surface area contributed by atoms with Gasteiger partial charge >= 0.3 is 0 Å². The lowest BCUT2D eigenvalue weighted by Crippen LogP contribution is -2.31. The Balaban J connectivity index is 2.71. The van der Waals surface area contributed by atoms with Crippen molar-refractivity contribution in [3.63, 3.8) is 0 Å². The quantitative estimate of drug-likeness (QED) is 0.631. The molecule has 1 aromatic carbocycles. The third kappa shape index (κ3) is 3.37. The Labute approximate surface area is 94.4 Å². The normalized spacial score (nSPS) is 12.2. The second-order valence-electron chi connectivity index (χ2n) is 3.40. The van der Waals surface area contributed by atoms with Crippen molar-refractivity contribution in [1.82, 2.24) is 0 Å². The first-order valence-corrected chi connectivity index (χ1v) is 4.98. The van der Waals surface area contributed by atoms with Crippen molar-refractivity contribution in [1.29, 1.82) is 0 Å². The maximum absolute atomic E-state index is 8.96. The summed E-state index contributed by atoms with van der Waals surface area (Å²) in [5.41, 5.74) is 6.26. The van der Waals surface area contributed by atoms with Gasteiger partial charge in [0, 0.05) is 0 Å². The number of hydrogen-bond donors (Lipinski definition) is 3. The molecule has 1 unspecified atom stereocenters. The van der Waals surface area contributed by atoms with Crippen LogP contribution >= 0.6 is 0 Å². The summed E-state index contributed by atoms with van der Waals surface area (Å²) in [6, 6.07) is 4.72. The van der Waals surface area contributed by atoms with E-state index in [1.165, 1.54) is 7.11 Å². The van der Waals surface area contributed by atoms with Crippen LogP contribution in [-0.4, -0.2) is 36.6 Å². The van der Waals surface area contributed by atoms with Crippen LogP contribution in [0.3, 0.4) is 0 Å².